The molecular formula is C29H31ClNO4+. The second-order valence-electron chi connectivity index (χ2n) is 9.30. The van der Waals surface area contributed by atoms with E-state index >= 15 is 0 Å². The number of quaternary nitrogens is 1. The van der Waals surface area contributed by atoms with Crippen molar-refractivity contribution in [3.8, 4) is 23.0 Å². The SMILES string of the molecule is CC1=C(c2ccc(O)cc2)C(c2ccc(OCC[NH+]3CCCCC3Cl)cc2)Oc2cc(O)ccc21. The number of nitrogens with one attached hydrogen (secondary N) is 1. The number of hydrogen-bond acceptors (Lipinski definition) is 4. The maximum atomic E-state index is 10.0. The Morgan fingerprint density at radius 2 is 1.71 bits per heavy atom. The van der Waals surface area contributed by atoms with Crippen LogP contribution in [0.1, 0.15) is 49.0 Å². The van der Waals surface area contributed by atoms with E-state index in [2.05, 4.69) is 6.92 Å². The van der Waals surface area contributed by atoms with Gasteiger partial charge in [-0.05, 0) is 72.9 Å². The smallest absolute Gasteiger partial charge is 0.163 e. The van der Waals surface area contributed by atoms with Crippen molar-refractivity contribution in [3.05, 3.63) is 83.4 Å². The summed E-state index contributed by atoms with van der Waals surface area (Å²) in [5, 5.41) is 19.8. The van der Waals surface area contributed by atoms with Crippen LogP contribution >= 0.6 is 11.6 Å². The van der Waals surface area contributed by atoms with Gasteiger partial charge in [-0.15, -0.1) is 0 Å². The summed E-state index contributed by atoms with van der Waals surface area (Å²) in [5.41, 5.74) is 5.19. The third-order valence-corrected chi connectivity index (χ3v) is 7.51. The number of fused-ring (bicyclic) bond motifs is 1. The third kappa shape index (κ3) is 5.12. The van der Waals surface area contributed by atoms with Gasteiger partial charge in [0.2, 0.25) is 0 Å². The molecule has 6 heteroatoms. The van der Waals surface area contributed by atoms with Crippen LogP contribution in [0.3, 0.4) is 0 Å². The zero-order valence-corrected chi connectivity index (χ0v) is 20.6. The van der Waals surface area contributed by atoms with Crippen LogP contribution in [0.25, 0.3) is 11.1 Å². The monoisotopic (exact) mass is 492 g/mol. The van der Waals surface area contributed by atoms with Gasteiger partial charge in [0.15, 0.2) is 5.50 Å². The summed E-state index contributed by atoms with van der Waals surface area (Å²) in [6.07, 6.45) is 3.15. The van der Waals surface area contributed by atoms with E-state index in [-0.39, 0.29) is 23.1 Å². The summed E-state index contributed by atoms with van der Waals surface area (Å²) in [5.74, 6) is 1.86. The van der Waals surface area contributed by atoms with Crippen molar-refractivity contribution in [1.82, 2.24) is 0 Å². The van der Waals surface area contributed by atoms with E-state index in [1.54, 1.807) is 24.3 Å². The maximum absolute atomic E-state index is 10.0. The fourth-order valence-electron chi connectivity index (χ4n) is 5.05. The normalized spacial score (nSPS) is 21.8. The molecule has 1 fully saturated rings. The molecule has 1 saturated heterocycles. The minimum absolute atomic E-state index is 0.169. The van der Waals surface area contributed by atoms with Gasteiger partial charge in [0, 0.05) is 23.6 Å². The number of halogens is 1. The summed E-state index contributed by atoms with van der Waals surface area (Å²) >= 11 is 6.46. The van der Waals surface area contributed by atoms with Crippen molar-refractivity contribution < 1.29 is 24.6 Å². The average Bonchev–Trinajstić information content (AvgIpc) is 2.86. The first-order valence-electron chi connectivity index (χ1n) is 12.2. The zero-order valence-electron chi connectivity index (χ0n) is 19.8. The Kier molecular flexibility index (Phi) is 6.89. The first-order chi connectivity index (χ1) is 17.0. The number of allylic oxidation sites excluding steroid dienone is 1. The standard InChI is InChI=1S/C29H30ClNO4/c1-19-25-14-11-23(33)18-26(25)35-29(28(19)20-5-9-22(32)10-6-20)21-7-12-24(13-8-21)34-17-16-31-15-3-2-4-27(31)30/h5-14,18,27,29,32-33H,2-4,15-17H2,1H3/p+1. The molecule has 182 valence electrons. The molecule has 0 aromatic heterocycles. The molecule has 0 amide bonds. The predicted molar refractivity (Wildman–Crippen MR) is 138 cm³/mol. The number of benzene rings is 3. The van der Waals surface area contributed by atoms with Crippen molar-refractivity contribution in [3.63, 3.8) is 0 Å². The fourth-order valence-corrected chi connectivity index (χ4v) is 5.42. The molecule has 0 aliphatic carbocycles. The largest absolute Gasteiger partial charge is 0.508 e. The van der Waals surface area contributed by atoms with Crippen LogP contribution < -0.4 is 14.4 Å². The fraction of sp³-hybridized carbons (Fsp3) is 0.310. The van der Waals surface area contributed by atoms with Gasteiger partial charge in [-0.3, -0.25) is 0 Å². The molecule has 0 bridgehead atoms. The number of alkyl halides is 1. The first-order valence-corrected chi connectivity index (χ1v) is 12.6. The van der Waals surface area contributed by atoms with Crippen LogP contribution in [-0.2, 0) is 0 Å². The predicted octanol–water partition coefficient (Wildman–Crippen LogP) is 5.17. The van der Waals surface area contributed by atoms with Gasteiger partial charge in [0.1, 0.15) is 42.3 Å². The quantitative estimate of drug-likeness (QED) is 0.328. The molecule has 3 aromatic carbocycles. The Labute approximate surface area is 211 Å². The molecule has 2 heterocycles. The Morgan fingerprint density at radius 1 is 0.971 bits per heavy atom. The Morgan fingerprint density at radius 3 is 2.46 bits per heavy atom. The van der Waals surface area contributed by atoms with Crippen LogP contribution in [0.4, 0.5) is 0 Å². The van der Waals surface area contributed by atoms with Gasteiger partial charge in [0.25, 0.3) is 0 Å². The van der Waals surface area contributed by atoms with Gasteiger partial charge in [-0.2, -0.15) is 0 Å². The van der Waals surface area contributed by atoms with Gasteiger partial charge >= 0.3 is 0 Å². The van der Waals surface area contributed by atoms with Crippen LogP contribution in [0.5, 0.6) is 23.0 Å². The molecule has 35 heavy (non-hydrogen) atoms. The van der Waals surface area contributed by atoms with Crippen LogP contribution in [0.2, 0.25) is 0 Å². The summed E-state index contributed by atoms with van der Waals surface area (Å²) in [6.45, 7) is 4.70. The molecule has 0 radical (unpaired) electrons. The summed E-state index contributed by atoms with van der Waals surface area (Å²) < 4.78 is 12.5. The molecule has 3 aromatic rings. The van der Waals surface area contributed by atoms with Gasteiger partial charge in [0.05, 0.1) is 6.54 Å². The van der Waals surface area contributed by atoms with Crippen molar-refractivity contribution in [2.45, 2.75) is 37.8 Å². The number of phenols is 2. The third-order valence-electron chi connectivity index (χ3n) is 6.98. The van der Waals surface area contributed by atoms with Gasteiger partial charge in [-0.1, -0.05) is 35.9 Å². The first kappa shape index (κ1) is 23.6. The van der Waals surface area contributed by atoms with E-state index in [1.807, 2.05) is 42.5 Å². The maximum Gasteiger partial charge on any atom is 0.163 e. The average molecular weight is 493 g/mol. The number of rotatable bonds is 6. The molecule has 5 rings (SSSR count). The van der Waals surface area contributed by atoms with E-state index in [9.17, 15) is 10.2 Å². The van der Waals surface area contributed by atoms with Gasteiger partial charge in [-0.25, -0.2) is 0 Å². The minimum atomic E-state index is -0.363. The lowest BCUT2D eigenvalue weighted by Gasteiger charge is -2.31. The highest BCUT2D eigenvalue weighted by Crippen LogP contribution is 2.47. The van der Waals surface area contributed by atoms with Crippen LogP contribution in [0.15, 0.2) is 66.7 Å². The number of hydrogen-bond donors (Lipinski definition) is 3. The zero-order chi connectivity index (χ0) is 24.4. The van der Waals surface area contributed by atoms with E-state index < -0.39 is 0 Å². The molecule has 5 nitrogen and oxygen atoms in total. The number of ether oxygens (including phenoxy) is 2. The van der Waals surface area contributed by atoms with Crippen molar-refractivity contribution in [1.29, 1.82) is 0 Å². The van der Waals surface area contributed by atoms with Crippen LogP contribution in [-0.4, -0.2) is 35.4 Å². The Balaban J connectivity index is 1.38. The lowest BCUT2D eigenvalue weighted by atomic mass is 9.86. The summed E-state index contributed by atoms with van der Waals surface area (Å²) in [7, 11) is 0. The lowest BCUT2D eigenvalue weighted by Crippen LogP contribution is -3.16. The van der Waals surface area contributed by atoms with Crippen LogP contribution in [0, 0.1) is 0 Å². The van der Waals surface area contributed by atoms with Gasteiger partial charge < -0.3 is 24.6 Å². The second kappa shape index (κ2) is 10.2. The number of aromatic hydroxyl groups is 2. The molecule has 3 unspecified atom stereocenters. The molecule has 0 spiro atoms. The Hall–Kier alpha value is -3.15. The number of piperidine rings is 1. The Bertz CT molecular complexity index is 1210. The number of likely N-dealkylation sites (tertiary alicyclic amines) is 1. The highest BCUT2D eigenvalue weighted by Gasteiger charge is 2.29. The van der Waals surface area contributed by atoms with E-state index in [4.69, 9.17) is 21.1 Å². The molecule has 3 N–H and O–H groups in total. The number of phenolic OH excluding ortho intramolecular Hbond substituents is 2. The summed E-state index contributed by atoms with van der Waals surface area (Å²) in [4.78, 5) is 1.41. The molecule has 2 aliphatic rings. The molecule has 0 saturated carbocycles. The lowest BCUT2D eigenvalue weighted by molar-refractivity contribution is -0.917. The van der Waals surface area contributed by atoms with Crippen molar-refractivity contribution in [2.24, 2.45) is 0 Å². The van der Waals surface area contributed by atoms with Crippen molar-refractivity contribution >= 4 is 22.7 Å². The second-order valence-corrected chi connectivity index (χ2v) is 9.83. The topological polar surface area (TPSA) is 63.4 Å². The van der Waals surface area contributed by atoms with E-state index in [1.165, 1.54) is 17.7 Å². The highest BCUT2D eigenvalue weighted by molar-refractivity contribution is 6.19. The molecule has 3 atom stereocenters. The van der Waals surface area contributed by atoms with Crippen molar-refractivity contribution in [2.75, 3.05) is 19.7 Å². The summed E-state index contributed by atoms with van der Waals surface area (Å²) in [6, 6.07) is 20.4. The minimum Gasteiger partial charge on any atom is -0.508 e. The van der Waals surface area contributed by atoms with E-state index in [0.717, 1.165) is 53.1 Å². The highest BCUT2D eigenvalue weighted by atomic mass is 35.5. The molecule has 2 aliphatic heterocycles. The van der Waals surface area contributed by atoms with E-state index in [0.29, 0.717) is 12.4 Å². The molecular weight excluding hydrogens is 462 g/mol.